The first kappa shape index (κ1) is 47.5. The quantitative estimate of drug-likeness (QED) is 0.141. The van der Waals surface area contributed by atoms with E-state index in [-0.39, 0.29) is 0 Å². The van der Waals surface area contributed by atoms with Gasteiger partial charge in [0, 0.05) is 22.3 Å². The van der Waals surface area contributed by atoms with Gasteiger partial charge in [0.1, 0.15) is 23.0 Å². The zero-order valence-electron chi connectivity index (χ0n) is 44.8. The maximum Gasteiger partial charge on any atom is 0.132 e. The molecular weight excluding hydrogens is 993 g/mol. The molecule has 2 heteroatoms. The molecule has 0 N–H and O–H groups in total. The number of rotatable bonds is 8. The van der Waals surface area contributed by atoms with Crippen molar-refractivity contribution in [2.45, 2.75) is 10.8 Å². The molecule has 2 aliphatic rings. The van der Waals surface area contributed by atoms with Crippen LogP contribution in [0.15, 0.2) is 315 Å². The first-order chi connectivity index (χ1) is 40.7. The Kier molecular flexibility index (Phi) is 11.0. The summed E-state index contributed by atoms with van der Waals surface area (Å²) in [4.78, 5) is 0. The molecule has 0 atom stereocenters. The third-order valence-electron chi connectivity index (χ3n) is 17.5. The van der Waals surface area contributed by atoms with Crippen LogP contribution >= 0.6 is 0 Å². The molecular formula is C80H52O2. The van der Waals surface area contributed by atoms with Gasteiger partial charge in [-0.1, -0.05) is 273 Å². The summed E-state index contributed by atoms with van der Waals surface area (Å²) in [5.41, 5.74) is 16.7. The van der Waals surface area contributed by atoms with Gasteiger partial charge in [-0.15, -0.1) is 0 Å². The summed E-state index contributed by atoms with van der Waals surface area (Å²) in [7, 11) is 0. The fourth-order valence-corrected chi connectivity index (χ4v) is 14.2. The first-order valence-corrected chi connectivity index (χ1v) is 28.3. The highest BCUT2D eigenvalue weighted by atomic mass is 16.5. The van der Waals surface area contributed by atoms with E-state index in [1.54, 1.807) is 0 Å². The molecule has 14 aromatic carbocycles. The molecule has 2 nitrogen and oxygen atoms in total. The molecule has 0 aliphatic carbocycles. The number of ether oxygens (including phenoxy) is 2. The smallest absolute Gasteiger partial charge is 0.132 e. The van der Waals surface area contributed by atoms with Crippen LogP contribution < -0.4 is 9.47 Å². The highest BCUT2D eigenvalue weighted by Gasteiger charge is 2.48. The van der Waals surface area contributed by atoms with Gasteiger partial charge in [0.05, 0.1) is 10.8 Å². The highest BCUT2D eigenvalue weighted by Crippen LogP contribution is 2.61. The van der Waals surface area contributed by atoms with E-state index in [0.717, 1.165) is 89.1 Å². The molecule has 384 valence electrons. The minimum absolute atomic E-state index is 0.756. The van der Waals surface area contributed by atoms with Crippen molar-refractivity contribution < 1.29 is 9.47 Å². The molecule has 0 saturated heterocycles. The van der Waals surface area contributed by atoms with E-state index >= 15 is 0 Å². The summed E-state index contributed by atoms with van der Waals surface area (Å²) < 4.78 is 14.3. The van der Waals surface area contributed by atoms with Gasteiger partial charge in [0.25, 0.3) is 0 Å². The fraction of sp³-hybridized carbons (Fsp3) is 0.0250. The fourth-order valence-electron chi connectivity index (χ4n) is 14.2. The predicted molar refractivity (Wildman–Crippen MR) is 337 cm³/mol. The minimum Gasteiger partial charge on any atom is -0.457 e. The van der Waals surface area contributed by atoms with Gasteiger partial charge in [-0.2, -0.15) is 0 Å². The lowest BCUT2D eigenvalue weighted by molar-refractivity contribution is 0.435. The Morgan fingerprint density at radius 2 is 0.585 bits per heavy atom. The highest BCUT2D eigenvalue weighted by molar-refractivity contribution is 6.22. The average Bonchev–Trinajstić information content (AvgIpc) is 1.96. The number of hydrogen-bond donors (Lipinski definition) is 0. The largest absolute Gasteiger partial charge is 0.457 e. The van der Waals surface area contributed by atoms with E-state index in [4.69, 9.17) is 9.47 Å². The van der Waals surface area contributed by atoms with Gasteiger partial charge in [-0.05, 0) is 142 Å². The minimum atomic E-state index is -0.756. The van der Waals surface area contributed by atoms with Crippen LogP contribution in [0, 0.1) is 0 Å². The van der Waals surface area contributed by atoms with E-state index in [2.05, 4.69) is 315 Å². The first-order valence-electron chi connectivity index (χ1n) is 28.3. The van der Waals surface area contributed by atoms with Gasteiger partial charge in [-0.25, -0.2) is 0 Å². The molecule has 0 saturated carbocycles. The van der Waals surface area contributed by atoms with Gasteiger partial charge >= 0.3 is 0 Å². The third kappa shape index (κ3) is 7.08. The monoisotopic (exact) mass is 1040 g/mol. The average molecular weight is 1050 g/mol. The van der Waals surface area contributed by atoms with Gasteiger partial charge < -0.3 is 9.47 Å². The Hall–Kier alpha value is -10.5. The predicted octanol–water partition coefficient (Wildman–Crippen LogP) is 20.8. The number of hydrogen-bond acceptors (Lipinski definition) is 2. The van der Waals surface area contributed by atoms with Crippen molar-refractivity contribution in [3.63, 3.8) is 0 Å². The van der Waals surface area contributed by atoms with Crippen molar-refractivity contribution >= 4 is 32.3 Å². The van der Waals surface area contributed by atoms with Crippen LogP contribution in [-0.2, 0) is 10.8 Å². The molecule has 14 aromatic rings. The van der Waals surface area contributed by atoms with E-state index in [1.807, 2.05) is 0 Å². The van der Waals surface area contributed by atoms with Crippen molar-refractivity contribution in [2.24, 2.45) is 0 Å². The zero-order chi connectivity index (χ0) is 54.2. The van der Waals surface area contributed by atoms with E-state index in [1.165, 1.54) is 55.3 Å². The molecule has 0 spiro atoms. The lowest BCUT2D eigenvalue weighted by Crippen LogP contribution is -2.34. The molecule has 0 bridgehead atoms. The number of benzene rings is 14. The van der Waals surface area contributed by atoms with Crippen molar-refractivity contribution in [3.05, 3.63) is 360 Å². The van der Waals surface area contributed by atoms with Crippen molar-refractivity contribution in [1.82, 2.24) is 0 Å². The van der Waals surface area contributed by atoms with E-state index < -0.39 is 10.8 Å². The SMILES string of the molecule is c1ccc(-c2cc(-c3c4cccc(-c5cccc6c5C(c5ccccc5)(c5ccccc5)c5ccccc5O6)c4cc4c(-c5cccc6c5C(c5ccccc5)(c5ccccc5)c5ccccc5O6)cccc34)c3ccccc3c2)cc1. The Balaban J connectivity index is 1.06. The molecule has 2 heterocycles. The summed E-state index contributed by atoms with van der Waals surface area (Å²) in [6, 6.07) is 116. The summed E-state index contributed by atoms with van der Waals surface area (Å²) >= 11 is 0. The molecule has 0 amide bonds. The molecule has 0 unspecified atom stereocenters. The maximum absolute atomic E-state index is 7.15. The maximum atomic E-state index is 7.15. The number of fused-ring (bicyclic) bond motifs is 7. The Morgan fingerprint density at radius 1 is 0.220 bits per heavy atom. The van der Waals surface area contributed by atoms with Gasteiger partial charge in [0.2, 0.25) is 0 Å². The van der Waals surface area contributed by atoms with Crippen LogP contribution in [-0.4, -0.2) is 0 Å². The van der Waals surface area contributed by atoms with Crippen LogP contribution in [0.4, 0.5) is 0 Å². The molecule has 0 aromatic heterocycles. The van der Waals surface area contributed by atoms with E-state index in [0.29, 0.717) is 0 Å². The standard InChI is InChI=1S/C80H52O2/c1-6-26-53(27-7-1)55-50-54-28-16-17-37-60(54)69(51-55)76-63-40-22-38-61(65-42-24-48-74-77(65)79(56-29-8-2-9-30-56,57-31-10-3-11-32-57)70-44-18-20-46-72(70)81-74)67(63)52-68-62(39-23-41-64(68)76)66-43-25-49-75-78(66)80(58-33-12-4-13-34-58,59-35-14-5-15-36-59)71-45-19-21-47-73(71)82-75/h1-52H. The van der Waals surface area contributed by atoms with Crippen molar-refractivity contribution in [1.29, 1.82) is 0 Å². The summed E-state index contributed by atoms with van der Waals surface area (Å²) in [6.07, 6.45) is 0. The topological polar surface area (TPSA) is 18.5 Å². The lowest BCUT2D eigenvalue weighted by Gasteiger charge is -2.43. The molecule has 82 heavy (non-hydrogen) atoms. The summed E-state index contributed by atoms with van der Waals surface area (Å²) in [5, 5.41) is 6.97. The Bertz CT molecular complexity index is 4460. The van der Waals surface area contributed by atoms with Crippen molar-refractivity contribution in [3.8, 4) is 67.5 Å². The Morgan fingerprint density at radius 3 is 1.06 bits per heavy atom. The molecule has 2 aliphatic heterocycles. The van der Waals surface area contributed by atoms with Gasteiger partial charge in [0.15, 0.2) is 0 Å². The second-order valence-electron chi connectivity index (χ2n) is 21.7. The normalized spacial score (nSPS) is 13.5. The summed E-state index contributed by atoms with van der Waals surface area (Å²) in [6.45, 7) is 0. The zero-order valence-corrected chi connectivity index (χ0v) is 44.8. The summed E-state index contributed by atoms with van der Waals surface area (Å²) in [5.74, 6) is 3.36. The lowest BCUT2D eigenvalue weighted by atomic mass is 9.62. The molecule has 0 radical (unpaired) electrons. The van der Waals surface area contributed by atoms with Crippen molar-refractivity contribution in [2.75, 3.05) is 0 Å². The van der Waals surface area contributed by atoms with Gasteiger partial charge in [-0.3, -0.25) is 0 Å². The number of para-hydroxylation sites is 2. The molecule has 16 rings (SSSR count). The van der Waals surface area contributed by atoms with Crippen LogP contribution in [0.2, 0.25) is 0 Å². The van der Waals surface area contributed by atoms with Crippen LogP contribution in [0.5, 0.6) is 23.0 Å². The van der Waals surface area contributed by atoms with Crippen LogP contribution in [0.25, 0.3) is 76.8 Å². The molecule has 0 fully saturated rings. The third-order valence-corrected chi connectivity index (χ3v) is 17.5. The van der Waals surface area contributed by atoms with Crippen LogP contribution in [0.1, 0.15) is 44.5 Å². The van der Waals surface area contributed by atoms with Crippen LogP contribution in [0.3, 0.4) is 0 Å². The van der Waals surface area contributed by atoms with E-state index in [9.17, 15) is 0 Å². The Labute approximate surface area is 477 Å². The second-order valence-corrected chi connectivity index (χ2v) is 21.7. The second kappa shape index (κ2) is 19.1.